The number of ether oxygens (including phenoxy) is 1. The van der Waals surface area contributed by atoms with E-state index in [1.807, 2.05) is 24.3 Å². The van der Waals surface area contributed by atoms with Crippen molar-refractivity contribution in [1.29, 1.82) is 0 Å². The predicted octanol–water partition coefficient (Wildman–Crippen LogP) is 2.45. The number of Topliss-reactive ketones (excluding diaryl/α,β-unsaturated/α-hetero) is 1. The van der Waals surface area contributed by atoms with Crippen LogP contribution < -0.4 is 0 Å². The van der Waals surface area contributed by atoms with Crippen molar-refractivity contribution in [2.45, 2.75) is 24.8 Å². The monoisotopic (exact) mass is 483 g/mol. The van der Waals surface area contributed by atoms with Gasteiger partial charge in [-0.1, -0.05) is 18.2 Å². The molecule has 2 aromatic carbocycles. The Morgan fingerprint density at radius 2 is 1.62 bits per heavy atom. The average Bonchev–Trinajstić information content (AvgIpc) is 3.27. The highest BCUT2D eigenvalue weighted by Crippen LogP contribution is 2.22. The number of carbonyl (C=O) groups is 3. The van der Waals surface area contributed by atoms with Crippen molar-refractivity contribution in [2.75, 3.05) is 26.2 Å². The van der Waals surface area contributed by atoms with E-state index in [-0.39, 0.29) is 35.2 Å². The highest BCUT2D eigenvalue weighted by molar-refractivity contribution is 7.89. The fraction of sp³-hybridized carbons (Fsp3) is 0.292. The first kappa shape index (κ1) is 23.7. The van der Waals surface area contributed by atoms with Crippen LogP contribution in [0.3, 0.4) is 0 Å². The zero-order valence-corrected chi connectivity index (χ0v) is 19.7. The van der Waals surface area contributed by atoms with Gasteiger partial charge in [0, 0.05) is 55.8 Å². The molecule has 0 spiro atoms. The summed E-state index contributed by atoms with van der Waals surface area (Å²) in [7, 11) is -3.75. The number of esters is 1. The molecule has 2 heterocycles. The number of nitrogens with one attached hydrogen (secondary N) is 1. The maximum absolute atomic E-state index is 12.9. The second kappa shape index (κ2) is 9.40. The summed E-state index contributed by atoms with van der Waals surface area (Å²) >= 11 is 0. The van der Waals surface area contributed by atoms with Gasteiger partial charge in [0.25, 0.3) is 0 Å². The van der Waals surface area contributed by atoms with Crippen LogP contribution in [0.25, 0.3) is 10.9 Å². The number of benzene rings is 2. The quantitative estimate of drug-likeness (QED) is 0.425. The molecule has 1 aliphatic rings. The molecule has 1 amide bonds. The number of H-pyrrole nitrogens is 1. The molecule has 9 nitrogen and oxygen atoms in total. The van der Waals surface area contributed by atoms with Crippen LogP contribution in [0.4, 0.5) is 0 Å². The highest BCUT2D eigenvalue weighted by atomic mass is 32.2. The lowest BCUT2D eigenvalue weighted by atomic mass is 10.1. The number of piperazine rings is 1. The molecule has 34 heavy (non-hydrogen) atoms. The minimum absolute atomic E-state index is 0.0447. The second-order valence-corrected chi connectivity index (χ2v) is 10.0. The van der Waals surface area contributed by atoms with Crippen LogP contribution in [-0.2, 0) is 19.6 Å². The Bertz CT molecular complexity index is 1340. The fourth-order valence-corrected chi connectivity index (χ4v) is 5.35. The maximum Gasteiger partial charge on any atom is 0.338 e. The molecule has 10 heteroatoms. The largest absolute Gasteiger partial charge is 0.451 e. The van der Waals surface area contributed by atoms with E-state index in [0.29, 0.717) is 18.7 Å². The lowest BCUT2D eigenvalue weighted by Gasteiger charge is -2.33. The van der Waals surface area contributed by atoms with E-state index in [1.165, 1.54) is 42.4 Å². The number of sulfonamides is 1. The van der Waals surface area contributed by atoms with Gasteiger partial charge in [0.05, 0.1) is 10.5 Å². The molecular weight excluding hydrogens is 458 g/mol. The zero-order chi connectivity index (χ0) is 24.5. The molecule has 1 saturated heterocycles. The minimum atomic E-state index is -3.75. The lowest BCUT2D eigenvalue weighted by Crippen LogP contribution is -2.49. The first-order valence-electron chi connectivity index (χ1n) is 10.9. The van der Waals surface area contributed by atoms with E-state index in [9.17, 15) is 22.8 Å². The molecule has 1 atom stereocenters. The normalized spacial score (nSPS) is 15.8. The topological polar surface area (TPSA) is 117 Å². The number of fused-ring (bicyclic) bond motifs is 1. The van der Waals surface area contributed by atoms with Crippen LogP contribution in [0.2, 0.25) is 0 Å². The molecule has 4 rings (SSSR count). The third kappa shape index (κ3) is 4.59. The van der Waals surface area contributed by atoms with Gasteiger partial charge in [-0.3, -0.25) is 9.59 Å². The molecule has 1 aromatic heterocycles. The Kier molecular flexibility index (Phi) is 6.54. The molecule has 0 radical (unpaired) electrons. The van der Waals surface area contributed by atoms with E-state index in [1.54, 1.807) is 11.1 Å². The Morgan fingerprint density at radius 1 is 0.971 bits per heavy atom. The van der Waals surface area contributed by atoms with Crippen LogP contribution in [0.1, 0.15) is 34.6 Å². The van der Waals surface area contributed by atoms with Gasteiger partial charge < -0.3 is 14.6 Å². The number of hydrogen-bond acceptors (Lipinski definition) is 6. The van der Waals surface area contributed by atoms with E-state index in [4.69, 9.17) is 4.74 Å². The Morgan fingerprint density at radius 3 is 2.26 bits per heavy atom. The Hall–Kier alpha value is -3.50. The Labute approximate surface area is 197 Å². The standard InChI is InChI=1S/C24H25N3O6S/c1-16(23(29)21-15-25-22-6-4-3-5-20(21)22)33-24(30)18-7-9-19(10-8-18)34(31,32)27-13-11-26(12-14-27)17(2)28/h3-10,15-16,25H,11-14H2,1-2H3. The van der Waals surface area contributed by atoms with E-state index < -0.39 is 22.1 Å². The van der Waals surface area contributed by atoms with Crippen molar-refractivity contribution < 1.29 is 27.5 Å². The number of para-hydroxylation sites is 1. The van der Waals surface area contributed by atoms with Crippen molar-refractivity contribution >= 4 is 38.6 Å². The molecule has 1 fully saturated rings. The van der Waals surface area contributed by atoms with E-state index >= 15 is 0 Å². The van der Waals surface area contributed by atoms with Gasteiger partial charge >= 0.3 is 5.97 Å². The molecule has 178 valence electrons. The van der Waals surface area contributed by atoms with Crippen molar-refractivity contribution in [3.05, 3.63) is 65.9 Å². The first-order valence-corrected chi connectivity index (χ1v) is 12.3. The molecule has 0 saturated carbocycles. The van der Waals surface area contributed by atoms with Gasteiger partial charge in [0.2, 0.25) is 21.7 Å². The predicted molar refractivity (Wildman–Crippen MR) is 125 cm³/mol. The molecule has 3 aromatic rings. The summed E-state index contributed by atoms with van der Waals surface area (Å²) in [5.41, 5.74) is 1.38. The molecule has 0 aliphatic carbocycles. The smallest absolute Gasteiger partial charge is 0.338 e. The summed E-state index contributed by atoms with van der Waals surface area (Å²) in [5, 5.41) is 0.745. The summed E-state index contributed by atoms with van der Waals surface area (Å²) in [6.45, 7) is 4.04. The van der Waals surface area contributed by atoms with Crippen molar-refractivity contribution in [3.63, 3.8) is 0 Å². The van der Waals surface area contributed by atoms with Gasteiger partial charge in [-0.05, 0) is 37.3 Å². The number of ketones is 1. The zero-order valence-electron chi connectivity index (χ0n) is 18.9. The maximum atomic E-state index is 12.9. The number of carbonyl (C=O) groups excluding carboxylic acids is 3. The summed E-state index contributed by atoms with van der Waals surface area (Å²) in [6.07, 6.45) is 0.570. The van der Waals surface area contributed by atoms with Crippen molar-refractivity contribution in [1.82, 2.24) is 14.2 Å². The number of hydrogen-bond donors (Lipinski definition) is 1. The minimum Gasteiger partial charge on any atom is -0.451 e. The van der Waals surface area contributed by atoms with Crippen LogP contribution in [0.15, 0.2) is 59.6 Å². The number of amides is 1. The summed E-state index contributed by atoms with van der Waals surface area (Å²) in [6, 6.07) is 12.8. The summed E-state index contributed by atoms with van der Waals surface area (Å²) < 4.78 is 32.5. The van der Waals surface area contributed by atoms with Crippen molar-refractivity contribution in [2.24, 2.45) is 0 Å². The number of rotatable bonds is 6. The molecular formula is C24H25N3O6S. The highest BCUT2D eigenvalue weighted by Gasteiger charge is 2.29. The first-order chi connectivity index (χ1) is 16.2. The third-order valence-corrected chi connectivity index (χ3v) is 7.83. The van der Waals surface area contributed by atoms with Crippen molar-refractivity contribution in [3.8, 4) is 0 Å². The summed E-state index contributed by atoms with van der Waals surface area (Å²) in [4.78, 5) is 41.5. The second-order valence-electron chi connectivity index (χ2n) is 8.09. The number of aromatic amines is 1. The summed E-state index contributed by atoms with van der Waals surface area (Å²) in [5.74, 6) is -1.15. The lowest BCUT2D eigenvalue weighted by molar-refractivity contribution is -0.129. The molecule has 1 aliphatic heterocycles. The SMILES string of the molecule is CC(=O)N1CCN(S(=O)(=O)c2ccc(C(=O)OC(C)C(=O)c3c[nH]c4ccccc34)cc2)CC1. The van der Waals surface area contributed by atoms with Crippen LogP contribution in [0, 0.1) is 0 Å². The molecule has 1 N–H and O–H groups in total. The number of aromatic nitrogens is 1. The third-order valence-electron chi connectivity index (χ3n) is 5.92. The molecule has 1 unspecified atom stereocenters. The van der Waals surface area contributed by atoms with Crippen LogP contribution in [0.5, 0.6) is 0 Å². The van der Waals surface area contributed by atoms with Crippen LogP contribution in [-0.4, -0.2) is 72.5 Å². The van der Waals surface area contributed by atoms with Gasteiger partial charge in [-0.25, -0.2) is 13.2 Å². The Balaban J connectivity index is 1.42. The fourth-order valence-electron chi connectivity index (χ4n) is 3.93. The van der Waals surface area contributed by atoms with E-state index in [2.05, 4.69) is 4.98 Å². The molecule has 0 bridgehead atoms. The van der Waals surface area contributed by atoms with Gasteiger partial charge in [0.15, 0.2) is 6.10 Å². The van der Waals surface area contributed by atoms with E-state index in [0.717, 1.165) is 10.9 Å². The average molecular weight is 484 g/mol. The van der Waals surface area contributed by atoms with Gasteiger partial charge in [-0.15, -0.1) is 0 Å². The van der Waals surface area contributed by atoms with Crippen LogP contribution >= 0.6 is 0 Å². The van der Waals surface area contributed by atoms with Gasteiger partial charge in [-0.2, -0.15) is 4.31 Å². The van der Waals surface area contributed by atoms with Gasteiger partial charge in [0.1, 0.15) is 0 Å². The number of nitrogens with zero attached hydrogens (tertiary/aromatic N) is 2.